The number of alkyl halides is 3. The Bertz CT molecular complexity index is 468. The van der Waals surface area contributed by atoms with Gasteiger partial charge in [-0.3, -0.25) is 4.79 Å². The molecule has 1 fully saturated rings. The lowest BCUT2D eigenvalue weighted by Crippen LogP contribution is -2.50. The summed E-state index contributed by atoms with van der Waals surface area (Å²) in [7, 11) is 0. The number of anilines is 1. The largest absolute Gasteiger partial charge is 0.364 e. The summed E-state index contributed by atoms with van der Waals surface area (Å²) in [6, 6.07) is 1.28. The first-order valence-corrected chi connectivity index (χ1v) is 5.30. The molecule has 18 heavy (non-hydrogen) atoms. The number of piperidine rings is 1. The highest BCUT2D eigenvalue weighted by Crippen LogP contribution is 2.31. The maximum Gasteiger partial charge on any atom is 0.295 e. The molecule has 1 aliphatic rings. The van der Waals surface area contributed by atoms with E-state index < -0.39 is 24.5 Å². The summed E-state index contributed by atoms with van der Waals surface area (Å²) in [6.07, 6.45) is -1.22. The monoisotopic (exact) mass is 260 g/mol. The van der Waals surface area contributed by atoms with E-state index in [1.807, 2.05) is 0 Å². The van der Waals surface area contributed by atoms with Crippen LogP contribution in [0.4, 0.5) is 19.1 Å². The van der Waals surface area contributed by atoms with E-state index in [9.17, 15) is 18.0 Å². The highest BCUT2D eigenvalue weighted by atomic mass is 19.3. The van der Waals surface area contributed by atoms with Gasteiger partial charge in [-0.15, -0.1) is 0 Å². The van der Waals surface area contributed by atoms with Gasteiger partial charge >= 0.3 is 0 Å². The van der Waals surface area contributed by atoms with Crippen molar-refractivity contribution in [3.63, 3.8) is 0 Å². The maximum absolute atomic E-state index is 13.2. The van der Waals surface area contributed by atoms with Crippen molar-refractivity contribution in [2.45, 2.75) is 18.5 Å². The fourth-order valence-corrected chi connectivity index (χ4v) is 1.72. The third-order valence-corrected chi connectivity index (χ3v) is 2.69. The third-order valence-electron chi connectivity index (χ3n) is 2.69. The summed E-state index contributed by atoms with van der Waals surface area (Å²) in [5, 5.41) is 0. The number of aromatic nitrogens is 2. The fourth-order valence-electron chi connectivity index (χ4n) is 1.72. The summed E-state index contributed by atoms with van der Waals surface area (Å²) in [6.45, 7) is -0.741. The molecule has 1 aromatic heterocycles. The lowest BCUT2D eigenvalue weighted by Gasteiger charge is -2.34. The van der Waals surface area contributed by atoms with Gasteiger partial charge in [-0.1, -0.05) is 0 Å². The Kier molecular flexibility index (Phi) is 3.10. The molecule has 0 radical (unpaired) electrons. The Labute approximate surface area is 101 Å². The molecule has 1 amide bonds. The van der Waals surface area contributed by atoms with Gasteiger partial charge in [-0.2, -0.15) is 0 Å². The van der Waals surface area contributed by atoms with Crippen LogP contribution in [0.15, 0.2) is 12.3 Å². The van der Waals surface area contributed by atoms with E-state index in [0.29, 0.717) is 0 Å². The van der Waals surface area contributed by atoms with Gasteiger partial charge in [0.2, 0.25) is 5.95 Å². The summed E-state index contributed by atoms with van der Waals surface area (Å²) in [4.78, 5) is 19.6. The van der Waals surface area contributed by atoms with Crippen molar-refractivity contribution in [2.75, 3.05) is 18.0 Å². The lowest BCUT2D eigenvalue weighted by molar-refractivity contribution is -0.0779. The Hall–Kier alpha value is -1.86. The number of carbonyl (C=O) groups is 1. The van der Waals surface area contributed by atoms with Crippen LogP contribution in [0.5, 0.6) is 0 Å². The smallest absolute Gasteiger partial charge is 0.295 e. The third kappa shape index (κ3) is 2.36. The Balaban J connectivity index is 2.22. The molecule has 5 nitrogen and oxygen atoms in total. The highest BCUT2D eigenvalue weighted by molar-refractivity contribution is 5.90. The topological polar surface area (TPSA) is 72.1 Å². The van der Waals surface area contributed by atoms with E-state index in [-0.39, 0.29) is 24.6 Å². The number of rotatable bonds is 2. The van der Waals surface area contributed by atoms with Gasteiger partial charge in [0.25, 0.3) is 11.8 Å². The number of primary amides is 1. The van der Waals surface area contributed by atoms with Crippen LogP contribution in [0.1, 0.15) is 16.9 Å². The molecule has 8 heteroatoms. The molecule has 1 aliphatic heterocycles. The van der Waals surface area contributed by atoms with Crippen LogP contribution in [0, 0.1) is 0 Å². The first-order valence-electron chi connectivity index (χ1n) is 5.30. The van der Waals surface area contributed by atoms with Crippen LogP contribution in [-0.2, 0) is 0 Å². The van der Waals surface area contributed by atoms with Crippen molar-refractivity contribution >= 4 is 11.9 Å². The standard InChI is InChI=1S/C10H11F3N4O/c11-7-2-4-17(5-10(7,12)13)9-15-3-1-6(16-9)8(14)18/h1,3,7H,2,4-5H2,(H2,14,18). The number of carbonyl (C=O) groups excluding carboxylic acids is 1. The van der Waals surface area contributed by atoms with Crippen LogP contribution in [0.25, 0.3) is 0 Å². The van der Waals surface area contributed by atoms with Crippen molar-refractivity contribution in [1.29, 1.82) is 0 Å². The first kappa shape index (κ1) is 12.6. The number of nitrogens with two attached hydrogens (primary N) is 1. The van der Waals surface area contributed by atoms with Crippen LogP contribution in [0.2, 0.25) is 0 Å². The second kappa shape index (κ2) is 4.43. The number of nitrogens with zero attached hydrogens (tertiary/aromatic N) is 3. The molecule has 1 unspecified atom stereocenters. The van der Waals surface area contributed by atoms with Crippen LogP contribution >= 0.6 is 0 Å². The number of hydrogen-bond acceptors (Lipinski definition) is 4. The van der Waals surface area contributed by atoms with Gasteiger partial charge < -0.3 is 10.6 Å². The first-order chi connectivity index (χ1) is 8.40. The maximum atomic E-state index is 13.2. The van der Waals surface area contributed by atoms with Crippen molar-refractivity contribution in [1.82, 2.24) is 9.97 Å². The Morgan fingerprint density at radius 3 is 2.89 bits per heavy atom. The van der Waals surface area contributed by atoms with Crippen molar-refractivity contribution in [2.24, 2.45) is 5.73 Å². The molecule has 98 valence electrons. The van der Waals surface area contributed by atoms with Crippen molar-refractivity contribution in [3.05, 3.63) is 18.0 Å². The molecule has 2 heterocycles. The zero-order chi connectivity index (χ0) is 13.3. The summed E-state index contributed by atoms with van der Waals surface area (Å²) >= 11 is 0. The van der Waals surface area contributed by atoms with Gasteiger partial charge in [-0.05, 0) is 6.07 Å². The van der Waals surface area contributed by atoms with Crippen LogP contribution in [-0.4, -0.2) is 41.1 Å². The van der Waals surface area contributed by atoms with Gasteiger partial charge in [0, 0.05) is 19.2 Å². The minimum Gasteiger partial charge on any atom is -0.364 e. The SMILES string of the molecule is NC(=O)c1ccnc(N2CCC(F)C(F)(F)C2)n1. The van der Waals surface area contributed by atoms with Gasteiger partial charge in [0.15, 0.2) is 6.17 Å². The summed E-state index contributed by atoms with van der Waals surface area (Å²) in [5.74, 6) is -4.26. The molecule has 1 saturated heterocycles. The van der Waals surface area contributed by atoms with Gasteiger partial charge in [-0.25, -0.2) is 23.1 Å². The molecule has 2 N–H and O–H groups in total. The average molecular weight is 260 g/mol. The van der Waals surface area contributed by atoms with E-state index >= 15 is 0 Å². The van der Waals surface area contributed by atoms with Gasteiger partial charge in [0.1, 0.15) is 5.69 Å². The Morgan fingerprint density at radius 1 is 1.56 bits per heavy atom. The predicted octanol–water partition coefficient (Wildman–Crippen LogP) is 0.759. The predicted molar refractivity (Wildman–Crippen MR) is 57.2 cm³/mol. The summed E-state index contributed by atoms with van der Waals surface area (Å²) in [5.41, 5.74) is 4.97. The molecule has 0 aromatic carbocycles. The molecule has 0 saturated carbocycles. The molecule has 2 rings (SSSR count). The van der Waals surface area contributed by atoms with Crippen molar-refractivity contribution in [3.8, 4) is 0 Å². The van der Waals surface area contributed by atoms with E-state index in [4.69, 9.17) is 5.73 Å². The molecule has 0 bridgehead atoms. The zero-order valence-corrected chi connectivity index (χ0v) is 9.31. The molecular formula is C10H11F3N4O. The second-order valence-electron chi connectivity index (χ2n) is 4.04. The minimum absolute atomic E-state index is 0.0436. The van der Waals surface area contributed by atoms with Crippen LogP contribution < -0.4 is 10.6 Å². The van der Waals surface area contributed by atoms with Crippen molar-refractivity contribution < 1.29 is 18.0 Å². The molecule has 1 aromatic rings. The number of hydrogen-bond donors (Lipinski definition) is 1. The fraction of sp³-hybridized carbons (Fsp3) is 0.500. The van der Waals surface area contributed by atoms with Crippen LogP contribution in [0.3, 0.4) is 0 Å². The Morgan fingerprint density at radius 2 is 2.28 bits per heavy atom. The number of halogens is 3. The minimum atomic E-state index is -3.44. The molecular weight excluding hydrogens is 249 g/mol. The van der Waals surface area contributed by atoms with E-state index in [1.54, 1.807) is 0 Å². The molecule has 0 spiro atoms. The van der Waals surface area contributed by atoms with E-state index in [1.165, 1.54) is 12.3 Å². The lowest BCUT2D eigenvalue weighted by atomic mass is 10.1. The summed E-state index contributed by atoms with van der Waals surface area (Å²) < 4.78 is 39.4. The normalized spacial score (nSPS) is 22.8. The van der Waals surface area contributed by atoms with E-state index in [2.05, 4.69) is 9.97 Å². The highest BCUT2D eigenvalue weighted by Gasteiger charge is 2.45. The van der Waals surface area contributed by atoms with E-state index in [0.717, 1.165) is 4.90 Å². The number of amides is 1. The average Bonchev–Trinajstić information content (AvgIpc) is 2.33. The zero-order valence-electron chi connectivity index (χ0n) is 9.31. The van der Waals surface area contributed by atoms with Gasteiger partial charge in [0.05, 0.1) is 6.54 Å². The second-order valence-corrected chi connectivity index (χ2v) is 4.04. The molecule has 1 atom stereocenters. The quantitative estimate of drug-likeness (QED) is 0.852. The molecule has 0 aliphatic carbocycles.